The maximum atomic E-state index is 13.5. The van der Waals surface area contributed by atoms with E-state index in [9.17, 15) is 9.18 Å². The fraction of sp³-hybridized carbons (Fsp3) is 0. The van der Waals surface area contributed by atoms with Crippen molar-refractivity contribution in [2.24, 2.45) is 0 Å². The molecule has 0 aliphatic carbocycles. The number of hydrogen-bond acceptors (Lipinski definition) is 2. The molecule has 0 spiro atoms. The summed E-state index contributed by atoms with van der Waals surface area (Å²) in [5.74, 6) is -1.12. The van der Waals surface area contributed by atoms with Crippen LogP contribution in [0.1, 0.15) is 10.4 Å². The van der Waals surface area contributed by atoms with Crippen molar-refractivity contribution in [2.75, 3.05) is 11.1 Å². The number of nitrogens with one attached hydrogen (secondary N) is 1. The molecule has 0 saturated carbocycles. The maximum Gasteiger partial charge on any atom is 0.255 e. The van der Waals surface area contributed by atoms with E-state index in [4.69, 9.17) is 28.9 Å². The normalized spacial score (nSPS) is 10.3. The van der Waals surface area contributed by atoms with Crippen molar-refractivity contribution in [2.45, 2.75) is 0 Å². The van der Waals surface area contributed by atoms with E-state index in [-0.39, 0.29) is 16.9 Å². The van der Waals surface area contributed by atoms with Crippen LogP contribution in [0.25, 0.3) is 0 Å². The van der Waals surface area contributed by atoms with Gasteiger partial charge in [-0.2, -0.15) is 0 Å². The Morgan fingerprint density at radius 3 is 2.32 bits per heavy atom. The van der Waals surface area contributed by atoms with Crippen molar-refractivity contribution in [3.63, 3.8) is 0 Å². The number of halogens is 3. The Labute approximate surface area is 119 Å². The van der Waals surface area contributed by atoms with Gasteiger partial charge in [-0.05, 0) is 36.4 Å². The number of hydrogen-bond donors (Lipinski definition) is 2. The fourth-order valence-corrected chi connectivity index (χ4v) is 2.04. The van der Waals surface area contributed by atoms with Crippen molar-refractivity contribution in [1.29, 1.82) is 0 Å². The molecule has 6 heteroatoms. The van der Waals surface area contributed by atoms with Crippen molar-refractivity contribution in [1.82, 2.24) is 0 Å². The Bertz CT molecular complexity index is 626. The molecular formula is C13H9Cl2FN2O. The summed E-state index contributed by atoms with van der Waals surface area (Å²) < 4.78 is 13.5. The van der Waals surface area contributed by atoms with Crippen molar-refractivity contribution in [3.8, 4) is 0 Å². The molecule has 0 saturated heterocycles. The number of carbonyl (C=O) groups excluding carboxylic acids is 1. The quantitative estimate of drug-likeness (QED) is 0.824. The third-order valence-corrected chi connectivity index (χ3v) is 2.80. The van der Waals surface area contributed by atoms with E-state index in [1.165, 1.54) is 30.3 Å². The van der Waals surface area contributed by atoms with E-state index in [2.05, 4.69) is 5.32 Å². The zero-order valence-electron chi connectivity index (χ0n) is 9.58. The average Bonchev–Trinajstić information content (AvgIpc) is 2.31. The second kappa shape index (κ2) is 5.47. The lowest BCUT2D eigenvalue weighted by Crippen LogP contribution is -2.13. The van der Waals surface area contributed by atoms with E-state index in [1.54, 1.807) is 0 Å². The second-order valence-corrected chi connectivity index (χ2v) is 4.72. The Morgan fingerprint density at radius 1 is 1.11 bits per heavy atom. The van der Waals surface area contributed by atoms with Gasteiger partial charge in [0.15, 0.2) is 0 Å². The lowest BCUT2D eigenvalue weighted by molar-refractivity contribution is 0.102. The third kappa shape index (κ3) is 3.36. The van der Waals surface area contributed by atoms with E-state index in [0.29, 0.717) is 10.0 Å². The highest BCUT2D eigenvalue weighted by atomic mass is 35.5. The molecule has 0 radical (unpaired) electrons. The number of nitrogens with two attached hydrogens (primary N) is 1. The van der Waals surface area contributed by atoms with Crippen LogP contribution >= 0.6 is 23.2 Å². The van der Waals surface area contributed by atoms with Crippen LogP contribution in [0.5, 0.6) is 0 Å². The van der Waals surface area contributed by atoms with Crippen molar-refractivity contribution < 1.29 is 9.18 Å². The van der Waals surface area contributed by atoms with E-state index >= 15 is 0 Å². The summed E-state index contributed by atoms with van der Waals surface area (Å²) in [6.45, 7) is 0. The highest BCUT2D eigenvalue weighted by Crippen LogP contribution is 2.21. The Morgan fingerprint density at radius 2 is 1.74 bits per heavy atom. The van der Waals surface area contributed by atoms with Gasteiger partial charge in [0.25, 0.3) is 5.91 Å². The Balaban J connectivity index is 2.25. The van der Waals surface area contributed by atoms with Gasteiger partial charge in [-0.15, -0.1) is 0 Å². The van der Waals surface area contributed by atoms with Gasteiger partial charge in [0.05, 0.1) is 5.69 Å². The molecule has 0 atom stereocenters. The predicted molar refractivity (Wildman–Crippen MR) is 75.2 cm³/mol. The molecule has 0 aliphatic heterocycles. The summed E-state index contributed by atoms with van der Waals surface area (Å²) in [5, 5.41) is 3.08. The van der Waals surface area contributed by atoms with Crippen LogP contribution in [0.2, 0.25) is 10.0 Å². The number of anilines is 2. The molecule has 0 aromatic heterocycles. The van der Waals surface area contributed by atoms with Gasteiger partial charge in [0.1, 0.15) is 5.82 Å². The van der Waals surface area contributed by atoms with Crippen molar-refractivity contribution >= 4 is 40.5 Å². The van der Waals surface area contributed by atoms with Crippen LogP contribution in [0.3, 0.4) is 0 Å². The summed E-state index contributed by atoms with van der Waals surface area (Å²) in [5.41, 5.74) is 5.98. The number of nitrogen functional groups attached to an aromatic ring is 1. The topological polar surface area (TPSA) is 55.1 Å². The van der Waals surface area contributed by atoms with Gasteiger partial charge in [0, 0.05) is 21.3 Å². The predicted octanol–water partition coefficient (Wildman–Crippen LogP) is 3.97. The molecular weight excluding hydrogens is 290 g/mol. The number of rotatable bonds is 2. The molecule has 0 heterocycles. The highest BCUT2D eigenvalue weighted by Gasteiger charge is 2.11. The zero-order chi connectivity index (χ0) is 14.0. The smallest absolute Gasteiger partial charge is 0.255 e. The molecule has 98 valence electrons. The third-order valence-electron chi connectivity index (χ3n) is 2.37. The first-order chi connectivity index (χ1) is 8.95. The Hall–Kier alpha value is -1.78. The van der Waals surface area contributed by atoms with Gasteiger partial charge in [-0.3, -0.25) is 4.79 Å². The first-order valence-electron chi connectivity index (χ1n) is 5.28. The van der Waals surface area contributed by atoms with E-state index in [1.807, 2.05) is 0 Å². The number of carbonyl (C=O) groups is 1. The molecule has 0 aliphatic rings. The summed E-state index contributed by atoms with van der Waals surface area (Å²) in [4.78, 5) is 11.9. The fourth-order valence-electron chi connectivity index (χ4n) is 1.51. The van der Waals surface area contributed by atoms with Gasteiger partial charge in [-0.25, -0.2) is 4.39 Å². The monoisotopic (exact) mass is 298 g/mol. The lowest BCUT2D eigenvalue weighted by atomic mass is 10.2. The SMILES string of the molecule is Nc1ccc(NC(=O)c2cc(Cl)cc(Cl)c2)c(F)c1. The maximum absolute atomic E-state index is 13.5. The van der Waals surface area contributed by atoms with Gasteiger partial charge >= 0.3 is 0 Å². The average molecular weight is 299 g/mol. The summed E-state index contributed by atoms with van der Waals surface area (Å²) in [7, 11) is 0. The van der Waals surface area contributed by atoms with Crippen LogP contribution in [0, 0.1) is 5.82 Å². The van der Waals surface area contributed by atoms with Crippen LogP contribution < -0.4 is 11.1 Å². The number of benzene rings is 2. The minimum absolute atomic E-state index is 0.0373. The molecule has 19 heavy (non-hydrogen) atoms. The van der Waals surface area contributed by atoms with E-state index in [0.717, 1.165) is 6.07 Å². The molecule has 2 aromatic carbocycles. The molecule has 2 aromatic rings. The van der Waals surface area contributed by atoms with Crippen LogP contribution in [-0.4, -0.2) is 5.91 Å². The van der Waals surface area contributed by atoms with Crippen molar-refractivity contribution in [3.05, 3.63) is 57.8 Å². The molecule has 3 N–H and O–H groups in total. The standard InChI is InChI=1S/C13H9Cl2FN2O/c14-8-3-7(4-9(15)5-8)13(19)18-12-2-1-10(17)6-11(12)16/h1-6H,17H2,(H,18,19). The molecule has 0 unspecified atom stereocenters. The number of amides is 1. The van der Waals surface area contributed by atoms with Crippen LogP contribution in [0.15, 0.2) is 36.4 Å². The second-order valence-electron chi connectivity index (χ2n) is 3.85. The largest absolute Gasteiger partial charge is 0.399 e. The molecule has 2 rings (SSSR count). The Kier molecular flexibility index (Phi) is 3.93. The highest BCUT2D eigenvalue weighted by molar-refractivity contribution is 6.35. The minimum atomic E-state index is -0.610. The first kappa shape index (κ1) is 13.6. The summed E-state index contributed by atoms with van der Waals surface area (Å²) >= 11 is 11.6. The van der Waals surface area contributed by atoms with E-state index < -0.39 is 11.7 Å². The zero-order valence-corrected chi connectivity index (χ0v) is 11.1. The molecule has 0 bridgehead atoms. The van der Waals surface area contributed by atoms with Crippen LogP contribution in [-0.2, 0) is 0 Å². The molecule has 0 fully saturated rings. The molecule has 1 amide bonds. The van der Waals surface area contributed by atoms with Crippen LogP contribution in [0.4, 0.5) is 15.8 Å². The van der Waals surface area contributed by atoms with Gasteiger partial charge < -0.3 is 11.1 Å². The summed E-state index contributed by atoms with van der Waals surface area (Å²) in [6, 6.07) is 8.39. The summed E-state index contributed by atoms with van der Waals surface area (Å²) in [6.07, 6.45) is 0. The lowest BCUT2D eigenvalue weighted by Gasteiger charge is -2.07. The van der Waals surface area contributed by atoms with Gasteiger partial charge in [0.2, 0.25) is 0 Å². The first-order valence-corrected chi connectivity index (χ1v) is 6.04. The van der Waals surface area contributed by atoms with Gasteiger partial charge in [-0.1, -0.05) is 23.2 Å². The molecule has 3 nitrogen and oxygen atoms in total. The minimum Gasteiger partial charge on any atom is -0.399 e.